The van der Waals surface area contributed by atoms with Crippen LogP contribution in [0.3, 0.4) is 0 Å². The first-order chi connectivity index (χ1) is 19.5. The summed E-state index contributed by atoms with van der Waals surface area (Å²) in [6, 6.07) is 13.8. The molecule has 1 saturated carbocycles. The molecule has 9 heteroatoms. The molecule has 3 amide bonds. The SMILES string of the molecule is O=C1Nc2cc(Cl)ccc2C(=O)N(CC2CCC(C(=O)N3CCCc4cccnc43)CC2)C1Cc1ccccn1. The number of hydrogen-bond acceptors (Lipinski definition) is 5. The van der Waals surface area contributed by atoms with Gasteiger partial charge in [0.1, 0.15) is 11.9 Å². The van der Waals surface area contributed by atoms with E-state index < -0.39 is 6.04 Å². The van der Waals surface area contributed by atoms with Crippen LogP contribution in [0.2, 0.25) is 5.02 Å². The number of hydrogen-bond donors (Lipinski definition) is 1. The lowest BCUT2D eigenvalue weighted by Gasteiger charge is -2.37. The zero-order valence-electron chi connectivity index (χ0n) is 22.3. The fourth-order valence-corrected chi connectivity index (χ4v) is 6.47. The van der Waals surface area contributed by atoms with Crippen molar-refractivity contribution in [1.29, 1.82) is 0 Å². The molecular weight excluding hydrogens is 526 g/mol. The molecule has 1 aliphatic carbocycles. The van der Waals surface area contributed by atoms with E-state index in [9.17, 15) is 14.4 Å². The van der Waals surface area contributed by atoms with Gasteiger partial charge in [-0.25, -0.2) is 4.98 Å². The van der Waals surface area contributed by atoms with Crippen molar-refractivity contribution in [3.63, 3.8) is 0 Å². The van der Waals surface area contributed by atoms with Crippen LogP contribution in [0.25, 0.3) is 0 Å². The number of pyridine rings is 2. The maximum Gasteiger partial charge on any atom is 0.256 e. The number of aryl methyl sites for hydroxylation is 1. The molecule has 2 aromatic heterocycles. The summed E-state index contributed by atoms with van der Waals surface area (Å²) in [6.45, 7) is 1.15. The molecule has 2 aliphatic heterocycles. The van der Waals surface area contributed by atoms with Gasteiger partial charge in [-0.3, -0.25) is 24.3 Å². The van der Waals surface area contributed by atoms with Crippen LogP contribution >= 0.6 is 11.6 Å². The van der Waals surface area contributed by atoms with Crippen molar-refractivity contribution in [2.75, 3.05) is 23.3 Å². The van der Waals surface area contributed by atoms with E-state index in [1.54, 1.807) is 35.5 Å². The lowest BCUT2D eigenvalue weighted by Crippen LogP contribution is -2.49. The van der Waals surface area contributed by atoms with Crippen LogP contribution in [0.1, 0.15) is 53.7 Å². The van der Waals surface area contributed by atoms with Gasteiger partial charge in [0, 0.05) is 48.5 Å². The number of fused-ring (bicyclic) bond motifs is 2. The smallest absolute Gasteiger partial charge is 0.256 e. The van der Waals surface area contributed by atoms with Crippen LogP contribution in [0.5, 0.6) is 0 Å². The van der Waals surface area contributed by atoms with Crippen molar-refractivity contribution in [2.24, 2.45) is 11.8 Å². The third-order valence-corrected chi connectivity index (χ3v) is 8.64. The van der Waals surface area contributed by atoms with Crippen LogP contribution < -0.4 is 10.2 Å². The summed E-state index contributed by atoms with van der Waals surface area (Å²) >= 11 is 6.19. The monoisotopic (exact) mass is 557 g/mol. The van der Waals surface area contributed by atoms with E-state index >= 15 is 0 Å². The molecule has 6 rings (SSSR count). The Morgan fingerprint density at radius 1 is 1.00 bits per heavy atom. The van der Waals surface area contributed by atoms with Gasteiger partial charge in [0.05, 0.1) is 11.3 Å². The van der Waals surface area contributed by atoms with E-state index in [1.165, 1.54) is 0 Å². The lowest BCUT2D eigenvalue weighted by molar-refractivity contribution is -0.123. The Balaban J connectivity index is 1.18. The first kappa shape index (κ1) is 26.4. The number of carbonyl (C=O) groups excluding carboxylic acids is 3. The summed E-state index contributed by atoms with van der Waals surface area (Å²) in [6.07, 6.45) is 8.80. The molecule has 1 unspecified atom stereocenters. The number of amides is 3. The fourth-order valence-electron chi connectivity index (χ4n) is 6.30. The van der Waals surface area contributed by atoms with Gasteiger partial charge >= 0.3 is 0 Å². The molecular formula is C31H32ClN5O3. The molecule has 206 valence electrons. The molecule has 0 spiro atoms. The first-order valence-electron chi connectivity index (χ1n) is 14.0. The molecule has 1 aromatic carbocycles. The standard InChI is InChI=1S/C31H32ClN5O3/c32-23-12-13-25-26(17-23)35-29(38)27(18-24-7-1-2-14-33-24)37(31(25)40)19-20-8-10-22(11-9-20)30(39)36-16-4-6-21-5-3-15-34-28(21)36/h1-3,5,7,12-15,17,20,22,27H,4,6,8-11,16,18-19H2,(H,35,38). The Kier molecular flexibility index (Phi) is 7.52. The van der Waals surface area contributed by atoms with Gasteiger partial charge in [-0.05, 0) is 86.4 Å². The molecule has 4 heterocycles. The Morgan fingerprint density at radius 2 is 1.82 bits per heavy atom. The van der Waals surface area contributed by atoms with Gasteiger partial charge in [0.15, 0.2) is 0 Å². The summed E-state index contributed by atoms with van der Waals surface area (Å²) in [5.74, 6) is 0.646. The van der Waals surface area contributed by atoms with E-state index in [-0.39, 0.29) is 29.6 Å². The zero-order valence-corrected chi connectivity index (χ0v) is 23.0. The number of halogens is 1. The minimum absolute atomic E-state index is 0.0560. The van der Waals surface area contributed by atoms with E-state index in [1.807, 2.05) is 29.2 Å². The number of carbonyl (C=O) groups is 3. The van der Waals surface area contributed by atoms with Crippen LogP contribution in [-0.2, 0) is 22.4 Å². The van der Waals surface area contributed by atoms with Crippen LogP contribution in [0, 0.1) is 11.8 Å². The summed E-state index contributed by atoms with van der Waals surface area (Å²) in [4.78, 5) is 53.4. The molecule has 0 radical (unpaired) electrons. The Hall–Kier alpha value is -3.78. The number of nitrogens with one attached hydrogen (secondary N) is 1. The summed E-state index contributed by atoms with van der Waals surface area (Å²) in [7, 11) is 0. The van der Waals surface area contributed by atoms with Crippen molar-refractivity contribution >= 4 is 40.8 Å². The number of aromatic nitrogens is 2. The first-order valence-corrected chi connectivity index (χ1v) is 14.4. The van der Waals surface area contributed by atoms with Crippen molar-refractivity contribution in [3.05, 3.63) is 82.8 Å². The van der Waals surface area contributed by atoms with Gasteiger partial charge in [-0.15, -0.1) is 0 Å². The Bertz CT molecular complexity index is 1420. The van der Waals surface area contributed by atoms with Gasteiger partial charge in [-0.1, -0.05) is 23.7 Å². The fraction of sp³-hybridized carbons (Fsp3) is 0.387. The highest BCUT2D eigenvalue weighted by atomic mass is 35.5. The van der Waals surface area contributed by atoms with E-state index in [2.05, 4.69) is 21.4 Å². The third kappa shape index (κ3) is 5.32. The maximum atomic E-state index is 13.9. The number of anilines is 2. The van der Waals surface area contributed by atoms with Crippen molar-refractivity contribution < 1.29 is 14.4 Å². The zero-order chi connectivity index (χ0) is 27.6. The Labute approximate surface area is 238 Å². The van der Waals surface area contributed by atoms with Crippen molar-refractivity contribution in [1.82, 2.24) is 14.9 Å². The molecule has 3 aromatic rings. The average molecular weight is 558 g/mol. The maximum absolute atomic E-state index is 13.9. The van der Waals surface area contributed by atoms with E-state index in [0.29, 0.717) is 35.8 Å². The molecule has 3 aliphatic rings. The van der Waals surface area contributed by atoms with Crippen LogP contribution in [0.4, 0.5) is 11.5 Å². The molecule has 40 heavy (non-hydrogen) atoms. The lowest BCUT2D eigenvalue weighted by atomic mass is 9.80. The van der Waals surface area contributed by atoms with E-state index in [0.717, 1.165) is 55.6 Å². The second kappa shape index (κ2) is 11.4. The average Bonchev–Trinajstić information content (AvgIpc) is 3.07. The van der Waals surface area contributed by atoms with Gasteiger partial charge in [0.25, 0.3) is 5.91 Å². The summed E-state index contributed by atoms with van der Waals surface area (Å²) in [5.41, 5.74) is 2.74. The largest absolute Gasteiger partial charge is 0.326 e. The normalized spacial score (nSPS) is 22.7. The Morgan fingerprint density at radius 3 is 2.62 bits per heavy atom. The van der Waals surface area contributed by atoms with Gasteiger partial charge in [-0.2, -0.15) is 0 Å². The predicted octanol–water partition coefficient (Wildman–Crippen LogP) is 4.92. The highest BCUT2D eigenvalue weighted by Crippen LogP contribution is 2.35. The number of rotatable bonds is 5. The predicted molar refractivity (Wildman–Crippen MR) is 153 cm³/mol. The molecule has 8 nitrogen and oxygen atoms in total. The molecule has 1 atom stereocenters. The molecule has 1 N–H and O–H groups in total. The third-order valence-electron chi connectivity index (χ3n) is 8.41. The van der Waals surface area contributed by atoms with E-state index in [4.69, 9.17) is 11.6 Å². The highest BCUT2D eigenvalue weighted by molar-refractivity contribution is 6.31. The summed E-state index contributed by atoms with van der Waals surface area (Å²) in [5, 5.41) is 3.38. The number of nitrogens with zero attached hydrogens (tertiary/aromatic N) is 4. The van der Waals surface area contributed by atoms with Crippen molar-refractivity contribution in [2.45, 2.75) is 51.0 Å². The quantitative estimate of drug-likeness (QED) is 0.480. The molecule has 0 bridgehead atoms. The van der Waals surface area contributed by atoms with Crippen molar-refractivity contribution in [3.8, 4) is 0 Å². The minimum atomic E-state index is -0.705. The van der Waals surface area contributed by atoms with Gasteiger partial charge < -0.3 is 10.2 Å². The van der Waals surface area contributed by atoms with Crippen LogP contribution in [0.15, 0.2) is 60.9 Å². The second-order valence-electron chi connectivity index (χ2n) is 11.0. The van der Waals surface area contributed by atoms with Gasteiger partial charge in [0.2, 0.25) is 11.8 Å². The molecule has 1 fully saturated rings. The molecule has 0 saturated heterocycles. The topological polar surface area (TPSA) is 95.5 Å². The van der Waals surface area contributed by atoms with Crippen LogP contribution in [-0.4, -0.2) is 51.7 Å². The highest BCUT2D eigenvalue weighted by Gasteiger charge is 2.39. The minimum Gasteiger partial charge on any atom is -0.326 e. The number of benzene rings is 1. The second-order valence-corrected chi connectivity index (χ2v) is 11.4. The summed E-state index contributed by atoms with van der Waals surface area (Å²) < 4.78 is 0.